The van der Waals surface area contributed by atoms with E-state index in [2.05, 4.69) is 5.32 Å². The summed E-state index contributed by atoms with van der Waals surface area (Å²) < 4.78 is 5.14. The van der Waals surface area contributed by atoms with Gasteiger partial charge in [0.15, 0.2) is 0 Å². The third-order valence-corrected chi connectivity index (χ3v) is 1.91. The fourth-order valence-corrected chi connectivity index (χ4v) is 1.16. The van der Waals surface area contributed by atoms with Crippen LogP contribution >= 0.6 is 0 Å². The van der Waals surface area contributed by atoms with Gasteiger partial charge in [0.1, 0.15) is 5.76 Å². The number of aliphatic hydroxyl groups excluding tert-OH is 1. The number of hydrogen-bond donors (Lipinski definition) is 2. The van der Waals surface area contributed by atoms with Gasteiger partial charge in [0, 0.05) is 13.0 Å². The molecule has 1 atom stereocenters. The summed E-state index contributed by atoms with van der Waals surface area (Å²) in [5, 5.41) is 11.3. The van der Waals surface area contributed by atoms with Gasteiger partial charge in [0.2, 0.25) is 5.91 Å². The lowest BCUT2D eigenvalue weighted by Crippen LogP contribution is -2.26. The maximum Gasteiger partial charge on any atom is 0.220 e. The molecule has 2 N–H and O–H groups in total. The Morgan fingerprint density at radius 2 is 2.50 bits per heavy atom. The van der Waals surface area contributed by atoms with E-state index in [1.807, 2.05) is 13.0 Å². The van der Waals surface area contributed by atoms with Crippen LogP contribution in [-0.4, -0.2) is 17.6 Å². The summed E-state index contributed by atoms with van der Waals surface area (Å²) >= 11 is 0. The molecule has 78 valence electrons. The summed E-state index contributed by atoms with van der Waals surface area (Å²) in [5.74, 6) is 0.672. The molecule has 0 saturated heterocycles. The molecule has 1 aromatic heterocycles. The van der Waals surface area contributed by atoms with Gasteiger partial charge in [-0.2, -0.15) is 0 Å². The predicted octanol–water partition coefficient (Wildman–Crippen LogP) is 1.23. The molecule has 0 aliphatic heterocycles. The van der Waals surface area contributed by atoms with Crippen LogP contribution in [0, 0.1) is 0 Å². The summed E-state index contributed by atoms with van der Waals surface area (Å²) in [7, 11) is 0. The highest BCUT2D eigenvalue weighted by atomic mass is 16.3. The van der Waals surface area contributed by atoms with Crippen LogP contribution in [0.2, 0.25) is 0 Å². The van der Waals surface area contributed by atoms with Crippen molar-refractivity contribution in [2.24, 2.45) is 0 Å². The van der Waals surface area contributed by atoms with Gasteiger partial charge < -0.3 is 14.8 Å². The Morgan fingerprint density at radius 1 is 1.71 bits per heavy atom. The van der Waals surface area contributed by atoms with E-state index in [9.17, 15) is 4.79 Å². The van der Waals surface area contributed by atoms with Crippen molar-refractivity contribution < 1.29 is 14.3 Å². The third kappa shape index (κ3) is 3.22. The molecular formula is C10H15NO3. The van der Waals surface area contributed by atoms with Crippen molar-refractivity contribution >= 4 is 5.91 Å². The van der Waals surface area contributed by atoms with E-state index in [4.69, 9.17) is 9.52 Å². The van der Waals surface area contributed by atoms with Crippen molar-refractivity contribution in [2.45, 2.75) is 25.8 Å². The predicted molar refractivity (Wildman–Crippen MR) is 51.6 cm³/mol. The smallest absolute Gasteiger partial charge is 0.220 e. The third-order valence-electron chi connectivity index (χ3n) is 1.91. The Hall–Kier alpha value is -1.29. The monoisotopic (exact) mass is 197 g/mol. The molecule has 1 rings (SSSR count). The van der Waals surface area contributed by atoms with Crippen LogP contribution in [0.15, 0.2) is 22.8 Å². The van der Waals surface area contributed by atoms with Crippen LogP contribution in [0.25, 0.3) is 0 Å². The quantitative estimate of drug-likeness (QED) is 0.746. The summed E-state index contributed by atoms with van der Waals surface area (Å²) in [6.07, 6.45) is 2.42. The summed E-state index contributed by atoms with van der Waals surface area (Å²) in [6, 6.07) is 3.49. The Balaban J connectivity index is 2.33. The van der Waals surface area contributed by atoms with E-state index < -0.39 is 0 Å². The first kappa shape index (κ1) is 10.8. The normalized spacial score (nSPS) is 12.4. The summed E-state index contributed by atoms with van der Waals surface area (Å²) in [4.78, 5) is 11.2. The first-order valence-electron chi connectivity index (χ1n) is 4.67. The molecule has 1 aromatic rings. The van der Waals surface area contributed by atoms with Gasteiger partial charge in [-0.1, -0.05) is 0 Å². The van der Waals surface area contributed by atoms with E-state index >= 15 is 0 Å². The SMILES string of the molecule is C[C@@H](NC(=O)CCCO)c1ccco1. The molecule has 4 heteroatoms. The summed E-state index contributed by atoms with van der Waals surface area (Å²) in [5.41, 5.74) is 0. The molecule has 4 nitrogen and oxygen atoms in total. The zero-order chi connectivity index (χ0) is 10.4. The van der Waals surface area contributed by atoms with Gasteiger partial charge in [0.05, 0.1) is 12.3 Å². The molecule has 0 bridgehead atoms. The van der Waals surface area contributed by atoms with Crippen molar-refractivity contribution in [1.29, 1.82) is 0 Å². The van der Waals surface area contributed by atoms with Crippen LogP contribution < -0.4 is 5.32 Å². The van der Waals surface area contributed by atoms with E-state index in [0.717, 1.165) is 5.76 Å². The van der Waals surface area contributed by atoms with E-state index in [1.165, 1.54) is 0 Å². The first-order chi connectivity index (χ1) is 6.74. The molecule has 1 amide bonds. The van der Waals surface area contributed by atoms with Crippen molar-refractivity contribution in [3.63, 3.8) is 0 Å². The number of hydrogen-bond acceptors (Lipinski definition) is 3. The van der Waals surface area contributed by atoms with Crippen molar-refractivity contribution in [3.05, 3.63) is 24.2 Å². The van der Waals surface area contributed by atoms with Crippen LogP contribution in [-0.2, 0) is 4.79 Å². The average molecular weight is 197 g/mol. The molecule has 0 aromatic carbocycles. The van der Waals surface area contributed by atoms with Crippen LogP contribution in [0.3, 0.4) is 0 Å². The summed E-state index contributed by atoms with van der Waals surface area (Å²) in [6.45, 7) is 1.90. The minimum absolute atomic E-state index is 0.0442. The van der Waals surface area contributed by atoms with Gasteiger partial charge in [-0.3, -0.25) is 4.79 Å². The molecule has 1 heterocycles. The number of carbonyl (C=O) groups excluding carboxylic acids is 1. The number of nitrogens with one attached hydrogen (secondary N) is 1. The highest BCUT2D eigenvalue weighted by molar-refractivity contribution is 5.76. The molecule has 0 fully saturated rings. The highest BCUT2D eigenvalue weighted by Crippen LogP contribution is 2.12. The molecule has 0 aliphatic rings. The number of carbonyl (C=O) groups is 1. The lowest BCUT2D eigenvalue weighted by Gasteiger charge is -2.10. The second-order valence-electron chi connectivity index (χ2n) is 3.13. The zero-order valence-corrected chi connectivity index (χ0v) is 8.19. The van der Waals surface area contributed by atoms with E-state index in [-0.39, 0.29) is 18.6 Å². The molecule has 0 spiro atoms. The zero-order valence-electron chi connectivity index (χ0n) is 8.19. The second kappa shape index (κ2) is 5.44. The van der Waals surface area contributed by atoms with Gasteiger partial charge >= 0.3 is 0 Å². The Morgan fingerprint density at radius 3 is 3.07 bits per heavy atom. The molecule has 0 aliphatic carbocycles. The minimum atomic E-state index is -0.115. The van der Waals surface area contributed by atoms with Crippen LogP contribution in [0.5, 0.6) is 0 Å². The number of aliphatic hydroxyl groups is 1. The van der Waals surface area contributed by atoms with E-state index in [1.54, 1.807) is 12.3 Å². The fourth-order valence-electron chi connectivity index (χ4n) is 1.16. The highest BCUT2D eigenvalue weighted by Gasteiger charge is 2.10. The van der Waals surface area contributed by atoms with Crippen molar-refractivity contribution in [2.75, 3.05) is 6.61 Å². The number of rotatable bonds is 5. The number of furan rings is 1. The lowest BCUT2D eigenvalue weighted by molar-refractivity contribution is -0.122. The average Bonchev–Trinajstić information content (AvgIpc) is 2.67. The second-order valence-corrected chi connectivity index (χ2v) is 3.13. The van der Waals surface area contributed by atoms with Crippen LogP contribution in [0.4, 0.5) is 0 Å². The molecule has 14 heavy (non-hydrogen) atoms. The van der Waals surface area contributed by atoms with Gasteiger partial charge in [-0.25, -0.2) is 0 Å². The molecule has 0 unspecified atom stereocenters. The molecule has 0 saturated carbocycles. The Labute approximate surface area is 82.9 Å². The lowest BCUT2D eigenvalue weighted by atomic mass is 10.2. The van der Waals surface area contributed by atoms with Gasteiger partial charge in [-0.05, 0) is 25.5 Å². The Kier molecular flexibility index (Phi) is 4.19. The van der Waals surface area contributed by atoms with Gasteiger partial charge in [-0.15, -0.1) is 0 Å². The van der Waals surface area contributed by atoms with Crippen molar-refractivity contribution in [3.8, 4) is 0 Å². The van der Waals surface area contributed by atoms with Crippen LogP contribution in [0.1, 0.15) is 31.6 Å². The fraction of sp³-hybridized carbons (Fsp3) is 0.500. The Bertz CT molecular complexity index is 269. The number of amides is 1. The maximum atomic E-state index is 11.2. The molecule has 0 radical (unpaired) electrons. The largest absolute Gasteiger partial charge is 0.467 e. The van der Waals surface area contributed by atoms with Gasteiger partial charge in [0.25, 0.3) is 0 Å². The maximum absolute atomic E-state index is 11.2. The molecular weight excluding hydrogens is 182 g/mol. The minimum Gasteiger partial charge on any atom is -0.467 e. The first-order valence-corrected chi connectivity index (χ1v) is 4.67. The van der Waals surface area contributed by atoms with Crippen molar-refractivity contribution in [1.82, 2.24) is 5.32 Å². The standard InChI is InChI=1S/C10H15NO3/c1-8(9-4-3-7-14-9)11-10(13)5-2-6-12/h3-4,7-8,12H,2,5-6H2,1H3,(H,11,13)/t8-/m1/s1. The topological polar surface area (TPSA) is 62.5 Å². The van der Waals surface area contributed by atoms with E-state index in [0.29, 0.717) is 12.8 Å².